The third-order valence-corrected chi connectivity index (χ3v) is 6.70. The topological polar surface area (TPSA) is 49.3 Å². The standard InChI is InChI=1S/C27H39NO2S/c1-10-18-13-12-14-19(11-2)23(18)28-25(30)17(3)31-20-15-21(26(4,5)6)24(29)22(16-20)27(7,8)9/h12-17,29H,10-11H2,1-9H3,(H,28,30). The van der Waals surface area contributed by atoms with Crippen molar-refractivity contribution in [3.8, 4) is 5.75 Å². The fraction of sp³-hybridized carbons (Fsp3) is 0.519. The van der Waals surface area contributed by atoms with E-state index in [9.17, 15) is 9.90 Å². The van der Waals surface area contributed by atoms with Gasteiger partial charge in [-0.2, -0.15) is 0 Å². The molecule has 0 aromatic heterocycles. The maximum absolute atomic E-state index is 13.1. The molecule has 2 aromatic rings. The van der Waals surface area contributed by atoms with Gasteiger partial charge in [-0.3, -0.25) is 4.79 Å². The first-order valence-electron chi connectivity index (χ1n) is 11.3. The first-order valence-corrected chi connectivity index (χ1v) is 12.1. The summed E-state index contributed by atoms with van der Waals surface area (Å²) in [5.74, 6) is 0.370. The lowest BCUT2D eigenvalue weighted by atomic mass is 9.79. The molecule has 0 saturated heterocycles. The van der Waals surface area contributed by atoms with Crippen molar-refractivity contribution in [1.29, 1.82) is 0 Å². The van der Waals surface area contributed by atoms with Gasteiger partial charge in [0.05, 0.1) is 5.25 Å². The molecule has 2 N–H and O–H groups in total. The van der Waals surface area contributed by atoms with Crippen LogP contribution in [0.1, 0.15) is 84.6 Å². The molecule has 2 aromatic carbocycles. The number of phenolic OH excluding ortho intramolecular Hbond substituents is 1. The number of phenols is 1. The zero-order chi connectivity index (χ0) is 23.6. The van der Waals surface area contributed by atoms with E-state index in [1.807, 2.05) is 19.1 Å². The second-order valence-corrected chi connectivity index (χ2v) is 11.7. The van der Waals surface area contributed by atoms with E-state index in [2.05, 4.69) is 78.9 Å². The van der Waals surface area contributed by atoms with Gasteiger partial charge < -0.3 is 10.4 Å². The SMILES string of the molecule is CCc1cccc(CC)c1NC(=O)C(C)Sc1cc(C(C)(C)C)c(O)c(C(C)(C)C)c1. The summed E-state index contributed by atoms with van der Waals surface area (Å²) < 4.78 is 0. The number of hydrogen-bond donors (Lipinski definition) is 2. The van der Waals surface area contributed by atoms with Crippen LogP contribution in [0.3, 0.4) is 0 Å². The fourth-order valence-electron chi connectivity index (χ4n) is 3.71. The number of carbonyl (C=O) groups excluding carboxylic acids is 1. The van der Waals surface area contributed by atoms with Crippen molar-refractivity contribution in [2.45, 2.75) is 96.1 Å². The minimum Gasteiger partial charge on any atom is -0.507 e. The number of anilines is 1. The predicted octanol–water partition coefficient (Wildman–Crippen LogP) is 7.23. The van der Waals surface area contributed by atoms with Crippen molar-refractivity contribution >= 4 is 23.4 Å². The third kappa shape index (κ3) is 6.06. The lowest BCUT2D eigenvalue weighted by molar-refractivity contribution is -0.115. The molecule has 0 saturated carbocycles. The highest BCUT2D eigenvalue weighted by Crippen LogP contribution is 2.42. The largest absolute Gasteiger partial charge is 0.507 e. The first-order chi connectivity index (χ1) is 14.3. The Kier molecular flexibility index (Phi) is 7.91. The van der Waals surface area contributed by atoms with E-state index in [1.54, 1.807) is 11.8 Å². The second kappa shape index (κ2) is 9.68. The summed E-state index contributed by atoms with van der Waals surface area (Å²) in [6.45, 7) is 18.8. The second-order valence-electron chi connectivity index (χ2n) is 10.3. The van der Waals surface area contributed by atoms with Crippen molar-refractivity contribution in [3.63, 3.8) is 0 Å². The Hall–Kier alpha value is -1.94. The van der Waals surface area contributed by atoms with E-state index in [0.717, 1.165) is 34.6 Å². The maximum Gasteiger partial charge on any atom is 0.237 e. The van der Waals surface area contributed by atoms with Crippen LogP contribution in [-0.2, 0) is 28.5 Å². The number of benzene rings is 2. The van der Waals surface area contributed by atoms with Gasteiger partial charge in [-0.25, -0.2) is 0 Å². The molecule has 170 valence electrons. The number of aromatic hydroxyl groups is 1. The van der Waals surface area contributed by atoms with E-state index in [-0.39, 0.29) is 22.0 Å². The van der Waals surface area contributed by atoms with Crippen molar-refractivity contribution in [2.75, 3.05) is 5.32 Å². The maximum atomic E-state index is 13.1. The third-order valence-electron chi connectivity index (χ3n) is 5.63. The van der Waals surface area contributed by atoms with Gasteiger partial charge in [0.2, 0.25) is 5.91 Å². The molecule has 4 heteroatoms. The van der Waals surface area contributed by atoms with Crippen LogP contribution in [0, 0.1) is 0 Å². The van der Waals surface area contributed by atoms with Crippen LogP contribution in [0.25, 0.3) is 0 Å². The molecular formula is C27H39NO2S. The molecular weight excluding hydrogens is 402 g/mol. The molecule has 2 rings (SSSR count). The van der Waals surface area contributed by atoms with Gasteiger partial charge in [0, 0.05) is 21.7 Å². The molecule has 1 unspecified atom stereocenters. The molecule has 1 atom stereocenters. The summed E-state index contributed by atoms with van der Waals surface area (Å²) in [6.07, 6.45) is 1.76. The summed E-state index contributed by atoms with van der Waals surface area (Å²) in [5.41, 5.74) is 4.74. The number of rotatable bonds is 6. The Morgan fingerprint density at radius 2 is 1.42 bits per heavy atom. The van der Waals surface area contributed by atoms with Gasteiger partial charge >= 0.3 is 0 Å². The van der Waals surface area contributed by atoms with Crippen LogP contribution in [0.5, 0.6) is 5.75 Å². The number of para-hydroxylation sites is 1. The summed E-state index contributed by atoms with van der Waals surface area (Å²) in [5, 5.41) is 13.9. The summed E-state index contributed by atoms with van der Waals surface area (Å²) in [6, 6.07) is 10.3. The van der Waals surface area contributed by atoms with E-state index in [4.69, 9.17) is 0 Å². The molecule has 0 aliphatic rings. The van der Waals surface area contributed by atoms with E-state index in [1.165, 1.54) is 11.1 Å². The van der Waals surface area contributed by atoms with Gasteiger partial charge in [-0.15, -0.1) is 11.8 Å². The number of hydrogen-bond acceptors (Lipinski definition) is 3. The average Bonchev–Trinajstić information content (AvgIpc) is 2.67. The normalized spacial score (nSPS) is 13.2. The summed E-state index contributed by atoms with van der Waals surface area (Å²) in [4.78, 5) is 14.1. The molecule has 31 heavy (non-hydrogen) atoms. The Morgan fingerprint density at radius 1 is 0.968 bits per heavy atom. The number of carbonyl (C=O) groups is 1. The Balaban J connectivity index is 2.36. The van der Waals surface area contributed by atoms with Crippen LogP contribution in [0.4, 0.5) is 5.69 Å². The average molecular weight is 442 g/mol. The molecule has 0 spiro atoms. The molecule has 0 aliphatic carbocycles. The minimum absolute atomic E-state index is 0.00305. The van der Waals surface area contributed by atoms with Crippen molar-refractivity contribution in [2.24, 2.45) is 0 Å². The predicted molar refractivity (Wildman–Crippen MR) is 135 cm³/mol. The fourth-order valence-corrected chi connectivity index (χ4v) is 4.65. The smallest absolute Gasteiger partial charge is 0.237 e. The number of aryl methyl sites for hydroxylation is 2. The molecule has 0 bridgehead atoms. The van der Waals surface area contributed by atoms with Gasteiger partial charge in [-0.05, 0) is 53.9 Å². The molecule has 0 fully saturated rings. The van der Waals surface area contributed by atoms with Gasteiger partial charge in [0.15, 0.2) is 0 Å². The van der Waals surface area contributed by atoms with Crippen LogP contribution in [-0.4, -0.2) is 16.3 Å². The van der Waals surface area contributed by atoms with Gasteiger partial charge in [0.1, 0.15) is 5.75 Å². The van der Waals surface area contributed by atoms with Crippen LogP contribution in [0.15, 0.2) is 35.2 Å². The Morgan fingerprint density at radius 3 is 1.81 bits per heavy atom. The first kappa shape index (κ1) is 25.3. The Labute approximate surface area is 193 Å². The lowest BCUT2D eigenvalue weighted by Crippen LogP contribution is -2.24. The molecule has 0 aliphatic heterocycles. The zero-order valence-electron chi connectivity index (χ0n) is 20.6. The molecule has 0 radical (unpaired) electrons. The van der Waals surface area contributed by atoms with E-state index in [0.29, 0.717) is 5.75 Å². The molecule has 3 nitrogen and oxygen atoms in total. The highest BCUT2D eigenvalue weighted by molar-refractivity contribution is 8.00. The van der Waals surface area contributed by atoms with Crippen LogP contribution in [0.2, 0.25) is 0 Å². The highest BCUT2D eigenvalue weighted by atomic mass is 32.2. The van der Waals surface area contributed by atoms with Gasteiger partial charge in [0.25, 0.3) is 0 Å². The van der Waals surface area contributed by atoms with Crippen LogP contribution >= 0.6 is 11.8 Å². The number of nitrogens with one attached hydrogen (secondary N) is 1. The highest BCUT2D eigenvalue weighted by Gasteiger charge is 2.27. The van der Waals surface area contributed by atoms with Crippen LogP contribution < -0.4 is 5.32 Å². The number of amides is 1. The lowest BCUT2D eigenvalue weighted by Gasteiger charge is -2.28. The summed E-state index contributed by atoms with van der Waals surface area (Å²) >= 11 is 1.54. The number of thioether (sulfide) groups is 1. The van der Waals surface area contributed by atoms with Crippen molar-refractivity contribution in [1.82, 2.24) is 0 Å². The monoisotopic (exact) mass is 441 g/mol. The Bertz CT molecular complexity index is 878. The summed E-state index contributed by atoms with van der Waals surface area (Å²) in [7, 11) is 0. The van der Waals surface area contributed by atoms with E-state index >= 15 is 0 Å². The minimum atomic E-state index is -0.264. The van der Waals surface area contributed by atoms with Gasteiger partial charge in [-0.1, -0.05) is 73.6 Å². The zero-order valence-corrected chi connectivity index (χ0v) is 21.5. The van der Waals surface area contributed by atoms with Crippen molar-refractivity contribution < 1.29 is 9.90 Å². The molecule has 1 amide bonds. The van der Waals surface area contributed by atoms with E-state index < -0.39 is 0 Å². The quantitative estimate of drug-likeness (QED) is 0.465. The van der Waals surface area contributed by atoms with Crippen molar-refractivity contribution in [3.05, 3.63) is 52.6 Å². The molecule has 0 heterocycles.